The fourth-order valence-corrected chi connectivity index (χ4v) is 2.08. The number of rotatable bonds is 4. The van der Waals surface area contributed by atoms with E-state index in [-0.39, 0.29) is 12.5 Å². The molecule has 1 aromatic carbocycles. The molecule has 0 aliphatic heterocycles. The molecule has 1 aliphatic rings. The van der Waals surface area contributed by atoms with Crippen LogP contribution in [0.5, 0.6) is 5.75 Å². The first-order valence-corrected chi connectivity index (χ1v) is 6.78. The Morgan fingerprint density at radius 2 is 2.25 bits per heavy atom. The quantitative estimate of drug-likeness (QED) is 0.845. The van der Waals surface area contributed by atoms with Gasteiger partial charge in [0.15, 0.2) is 0 Å². The molecule has 4 nitrogen and oxygen atoms in total. The average Bonchev–Trinajstić information content (AvgIpc) is 3.27. The molecule has 2 N–H and O–H groups in total. The number of nitrogens with two attached hydrogens (primary N) is 1. The number of carbonyl (C=O) groups excluding carboxylic acids is 1. The minimum atomic E-state index is 0.0235. The van der Waals surface area contributed by atoms with E-state index in [1.165, 1.54) is 12.8 Å². The van der Waals surface area contributed by atoms with E-state index in [4.69, 9.17) is 10.5 Å². The molecule has 1 fully saturated rings. The third-order valence-corrected chi connectivity index (χ3v) is 3.35. The van der Waals surface area contributed by atoms with Crippen LogP contribution in [0, 0.1) is 17.8 Å². The van der Waals surface area contributed by atoms with Crippen molar-refractivity contribution in [3.63, 3.8) is 0 Å². The van der Waals surface area contributed by atoms with Crippen LogP contribution in [0.1, 0.15) is 28.8 Å². The molecule has 4 heteroatoms. The second-order valence-electron chi connectivity index (χ2n) is 5.05. The van der Waals surface area contributed by atoms with E-state index < -0.39 is 0 Å². The van der Waals surface area contributed by atoms with Gasteiger partial charge in [-0.05, 0) is 37.0 Å². The van der Waals surface area contributed by atoms with Gasteiger partial charge < -0.3 is 15.4 Å². The molecule has 0 aromatic heterocycles. The second kappa shape index (κ2) is 6.44. The van der Waals surface area contributed by atoms with E-state index >= 15 is 0 Å². The van der Waals surface area contributed by atoms with Crippen molar-refractivity contribution in [2.75, 3.05) is 27.2 Å². The van der Waals surface area contributed by atoms with Gasteiger partial charge in [0.1, 0.15) is 5.75 Å². The molecular formula is C16H20N2O2. The van der Waals surface area contributed by atoms with Gasteiger partial charge in [-0.3, -0.25) is 4.79 Å². The molecule has 0 bridgehead atoms. The zero-order chi connectivity index (χ0) is 14.5. The lowest BCUT2D eigenvalue weighted by atomic mass is 10.1. The monoisotopic (exact) mass is 272 g/mol. The van der Waals surface area contributed by atoms with E-state index in [0.29, 0.717) is 22.8 Å². The van der Waals surface area contributed by atoms with Crippen molar-refractivity contribution >= 4 is 5.91 Å². The summed E-state index contributed by atoms with van der Waals surface area (Å²) >= 11 is 0. The first-order chi connectivity index (χ1) is 9.65. The van der Waals surface area contributed by atoms with Crippen molar-refractivity contribution in [2.45, 2.75) is 12.8 Å². The van der Waals surface area contributed by atoms with Crippen molar-refractivity contribution < 1.29 is 9.53 Å². The number of methoxy groups -OCH3 is 1. The van der Waals surface area contributed by atoms with Crippen molar-refractivity contribution in [3.05, 3.63) is 29.3 Å². The third-order valence-electron chi connectivity index (χ3n) is 3.35. The maximum absolute atomic E-state index is 12.3. The van der Waals surface area contributed by atoms with E-state index in [0.717, 1.165) is 6.54 Å². The maximum Gasteiger partial charge on any atom is 0.253 e. The molecule has 0 unspecified atom stereocenters. The predicted molar refractivity (Wildman–Crippen MR) is 78.6 cm³/mol. The summed E-state index contributed by atoms with van der Waals surface area (Å²) in [7, 11) is 3.43. The smallest absolute Gasteiger partial charge is 0.253 e. The number of hydrogen-bond donors (Lipinski definition) is 1. The summed E-state index contributed by atoms with van der Waals surface area (Å²) in [5.74, 6) is 7.09. The summed E-state index contributed by atoms with van der Waals surface area (Å²) in [5, 5.41) is 0. The van der Waals surface area contributed by atoms with Crippen LogP contribution in [0.3, 0.4) is 0 Å². The number of benzene rings is 1. The van der Waals surface area contributed by atoms with Crippen LogP contribution in [0.15, 0.2) is 18.2 Å². The molecule has 1 aliphatic carbocycles. The van der Waals surface area contributed by atoms with Crippen LogP contribution in [0.2, 0.25) is 0 Å². The molecule has 20 heavy (non-hydrogen) atoms. The summed E-state index contributed by atoms with van der Waals surface area (Å²) < 4.78 is 5.24. The summed E-state index contributed by atoms with van der Waals surface area (Å²) in [6.07, 6.45) is 2.46. The van der Waals surface area contributed by atoms with Crippen LogP contribution in [-0.2, 0) is 0 Å². The molecule has 1 saturated carbocycles. The van der Waals surface area contributed by atoms with Crippen molar-refractivity contribution in [3.8, 4) is 17.6 Å². The number of ether oxygens (including phenoxy) is 1. The van der Waals surface area contributed by atoms with E-state index in [9.17, 15) is 4.79 Å². The lowest BCUT2D eigenvalue weighted by molar-refractivity contribution is 0.0788. The van der Waals surface area contributed by atoms with Crippen LogP contribution in [0.4, 0.5) is 0 Å². The number of nitrogens with zero attached hydrogens (tertiary/aromatic N) is 1. The first-order valence-electron chi connectivity index (χ1n) is 6.78. The molecular weight excluding hydrogens is 252 g/mol. The topological polar surface area (TPSA) is 55.6 Å². The molecule has 0 radical (unpaired) electrons. The molecule has 1 amide bonds. The number of hydrogen-bond acceptors (Lipinski definition) is 3. The highest BCUT2D eigenvalue weighted by Crippen LogP contribution is 2.30. The summed E-state index contributed by atoms with van der Waals surface area (Å²) in [4.78, 5) is 14.1. The van der Waals surface area contributed by atoms with Crippen LogP contribution in [-0.4, -0.2) is 38.1 Å². The number of carbonyl (C=O) groups is 1. The van der Waals surface area contributed by atoms with E-state index in [2.05, 4.69) is 11.8 Å². The molecule has 0 spiro atoms. The summed E-state index contributed by atoms with van der Waals surface area (Å²) in [6, 6.07) is 5.32. The minimum absolute atomic E-state index is 0.0235. The average molecular weight is 272 g/mol. The van der Waals surface area contributed by atoms with Gasteiger partial charge in [0.2, 0.25) is 0 Å². The first kappa shape index (κ1) is 14.4. The molecule has 106 valence electrons. The fourth-order valence-electron chi connectivity index (χ4n) is 2.08. The Morgan fingerprint density at radius 3 is 2.85 bits per heavy atom. The zero-order valence-corrected chi connectivity index (χ0v) is 12.0. The lowest BCUT2D eigenvalue weighted by Crippen LogP contribution is -2.28. The van der Waals surface area contributed by atoms with Crippen LogP contribution >= 0.6 is 0 Å². The van der Waals surface area contributed by atoms with Gasteiger partial charge in [-0.1, -0.05) is 11.8 Å². The Labute approximate surface area is 119 Å². The summed E-state index contributed by atoms with van der Waals surface area (Å²) in [5.41, 5.74) is 6.72. The Balaban J connectivity index is 2.20. The van der Waals surface area contributed by atoms with Gasteiger partial charge in [0.25, 0.3) is 5.91 Å². The highest BCUT2D eigenvalue weighted by molar-refractivity contribution is 5.94. The van der Waals surface area contributed by atoms with Crippen molar-refractivity contribution in [1.29, 1.82) is 0 Å². The second-order valence-corrected chi connectivity index (χ2v) is 5.05. The Kier molecular flexibility index (Phi) is 4.65. The third kappa shape index (κ3) is 3.52. The highest BCUT2D eigenvalue weighted by Gasteiger charge is 2.25. The highest BCUT2D eigenvalue weighted by atomic mass is 16.5. The van der Waals surface area contributed by atoms with Crippen LogP contribution < -0.4 is 10.5 Å². The van der Waals surface area contributed by atoms with Gasteiger partial charge >= 0.3 is 0 Å². The largest absolute Gasteiger partial charge is 0.495 e. The van der Waals surface area contributed by atoms with Gasteiger partial charge in [-0.25, -0.2) is 0 Å². The van der Waals surface area contributed by atoms with Gasteiger partial charge in [-0.2, -0.15) is 0 Å². The minimum Gasteiger partial charge on any atom is -0.495 e. The Morgan fingerprint density at radius 1 is 1.50 bits per heavy atom. The fraction of sp³-hybridized carbons (Fsp3) is 0.438. The van der Waals surface area contributed by atoms with Gasteiger partial charge in [-0.15, -0.1) is 0 Å². The Bertz CT molecular complexity index is 553. The van der Waals surface area contributed by atoms with E-state index in [1.54, 1.807) is 30.2 Å². The van der Waals surface area contributed by atoms with Crippen LogP contribution in [0.25, 0.3) is 0 Å². The van der Waals surface area contributed by atoms with Gasteiger partial charge in [0, 0.05) is 19.2 Å². The summed E-state index contributed by atoms with van der Waals surface area (Å²) in [6.45, 7) is 1.11. The normalized spacial score (nSPS) is 13.3. The molecule has 0 heterocycles. The number of amides is 1. The molecule has 2 rings (SSSR count). The maximum atomic E-state index is 12.3. The predicted octanol–water partition coefficient (Wildman–Crippen LogP) is 1.49. The molecule has 0 atom stereocenters. The Hall–Kier alpha value is -1.99. The standard InChI is InChI=1S/C16H20N2O2/c1-18(11-12-5-6-12)16(19)14-7-8-15(20-2)13(10-14)4-3-9-17/h7-8,10,12H,5-6,9,11,17H2,1-2H3. The molecule has 0 saturated heterocycles. The van der Waals surface area contributed by atoms with Crippen molar-refractivity contribution in [2.24, 2.45) is 11.7 Å². The zero-order valence-electron chi connectivity index (χ0n) is 12.0. The lowest BCUT2D eigenvalue weighted by Gasteiger charge is -2.17. The van der Waals surface area contributed by atoms with Crippen molar-refractivity contribution in [1.82, 2.24) is 4.90 Å². The van der Waals surface area contributed by atoms with E-state index in [1.807, 2.05) is 7.05 Å². The van der Waals surface area contributed by atoms with Gasteiger partial charge in [0.05, 0.1) is 19.2 Å². The SMILES string of the molecule is COc1ccc(C(=O)N(C)CC2CC2)cc1C#CCN. The molecule has 1 aromatic rings.